The predicted molar refractivity (Wildman–Crippen MR) is 124 cm³/mol. The molecule has 174 valence electrons. The van der Waals surface area contributed by atoms with E-state index in [0.29, 0.717) is 16.1 Å². The van der Waals surface area contributed by atoms with Crippen molar-refractivity contribution < 1.29 is 33.4 Å². The Morgan fingerprint density at radius 2 is 1.88 bits per heavy atom. The van der Waals surface area contributed by atoms with E-state index in [1.54, 1.807) is 26.0 Å². The van der Waals surface area contributed by atoms with Gasteiger partial charge in [0.25, 0.3) is 5.91 Å². The number of amides is 2. The number of carbonyl (C=O) groups excluding carboxylic acids is 5. The van der Waals surface area contributed by atoms with Crippen LogP contribution in [0, 0.1) is 6.92 Å². The van der Waals surface area contributed by atoms with Crippen LogP contribution in [0.5, 0.6) is 0 Å². The molecule has 2 amide bonds. The Morgan fingerprint density at radius 1 is 1.15 bits per heavy atom. The van der Waals surface area contributed by atoms with Crippen LogP contribution in [-0.4, -0.2) is 48.0 Å². The number of ketones is 1. The molecule has 11 heteroatoms. The molecule has 3 rings (SSSR count). The molecular weight excluding hydrogens is 468 g/mol. The Morgan fingerprint density at radius 3 is 2.58 bits per heavy atom. The van der Waals surface area contributed by atoms with Gasteiger partial charge in [0.1, 0.15) is 5.00 Å². The molecule has 0 aliphatic carbocycles. The van der Waals surface area contributed by atoms with Gasteiger partial charge >= 0.3 is 11.9 Å². The van der Waals surface area contributed by atoms with Gasteiger partial charge in [-0.2, -0.15) is 0 Å². The third-order valence-electron chi connectivity index (χ3n) is 4.62. The summed E-state index contributed by atoms with van der Waals surface area (Å²) >= 11 is 2.21. The zero-order chi connectivity index (χ0) is 24.1. The summed E-state index contributed by atoms with van der Waals surface area (Å²) in [6.07, 6.45) is -0.210. The third kappa shape index (κ3) is 5.79. The number of hydrogen-bond donors (Lipinski definition) is 2. The number of thiophene rings is 1. The van der Waals surface area contributed by atoms with Crippen LogP contribution in [0.4, 0.5) is 10.7 Å². The van der Waals surface area contributed by atoms with Gasteiger partial charge in [-0.3, -0.25) is 19.2 Å². The maximum absolute atomic E-state index is 12.4. The summed E-state index contributed by atoms with van der Waals surface area (Å²) in [5, 5.41) is 4.72. The first kappa shape index (κ1) is 24.5. The highest BCUT2D eigenvalue weighted by Gasteiger charge is 2.30. The number of ether oxygens (including phenoxy) is 2. The highest BCUT2D eigenvalue weighted by atomic mass is 32.2. The van der Waals surface area contributed by atoms with Crippen molar-refractivity contribution >= 4 is 63.3 Å². The molecule has 0 unspecified atom stereocenters. The monoisotopic (exact) mass is 490 g/mol. The molecule has 2 aromatic rings. The summed E-state index contributed by atoms with van der Waals surface area (Å²) < 4.78 is 10.0. The van der Waals surface area contributed by atoms with Crippen LogP contribution in [0.15, 0.2) is 29.2 Å². The summed E-state index contributed by atoms with van der Waals surface area (Å²) in [7, 11) is 0. The number of carbonyl (C=O) groups is 5. The predicted octanol–water partition coefficient (Wildman–Crippen LogP) is 3.42. The summed E-state index contributed by atoms with van der Waals surface area (Å²) in [6, 6.07) is 7.24. The fraction of sp³-hybridized carbons (Fsp3) is 0.318. The maximum Gasteiger partial charge on any atom is 0.341 e. The standard InChI is InChI=1S/C22H22N2O7S2/c1-4-30-22(29)18-11(2)19(12(3)25)33-21(18)24-16(26)10-31-17(27)9-15-20(28)23-13-7-5-6-8-14(13)32-15/h5-8,15H,4,9-10H2,1-3H3,(H,23,28)(H,24,26)/t15-/m1/s1. The smallest absolute Gasteiger partial charge is 0.341 e. The number of thioether (sulfide) groups is 1. The Hall–Kier alpha value is -3.18. The topological polar surface area (TPSA) is 128 Å². The summed E-state index contributed by atoms with van der Waals surface area (Å²) in [6.45, 7) is 4.13. The Balaban J connectivity index is 1.60. The first-order valence-corrected chi connectivity index (χ1v) is 11.7. The zero-order valence-electron chi connectivity index (χ0n) is 18.2. The van der Waals surface area contributed by atoms with Crippen LogP contribution in [0.2, 0.25) is 0 Å². The maximum atomic E-state index is 12.4. The molecule has 0 radical (unpaired) electrons. The zero-order valence-corrected chi connectivity index (χ0v) is 19.8. The molecule has 1 aromatic heterocycles. The van der Waals surface area contributed by atoms with Crippen molar-refractivity contribution in [3.63, 3.8) is 0 Å². The van der Waals surface area contributed by atoms with Crippen LogP contribution in [0.1, 0.15) is 45.9 Å². The van der Waals surface area contributed by atoms with Gasteiger partial charge in [0.15, 0.2) is 12.4 Å². The highest BCUT2D eigenvalue weighted by Crippen LogP contribution is 2.37. The second kappa shape index (κ2) is 10.6. The van der Waals surface area contributed by atoms with Crippen molar-refractivity contribution in [3.8, 4) is 0 Å². The van der Waals surface area contributed by atoms with E-state index in [4.69, 9.17) is 9.47 Å². The van der Waals surface area contributed by atoms with Crippen LogP contribution < -0.4 is 10.6 Å². The van der Waals surface area contributed by atoms with E-state index in [0.717, 1.165) is 16.2 Å². The molecule has 9 nitrogen and oxygen atoms in total. The number of esters is 2. The molecular formula is C22H22N2O7S2. The lowest BCUT2D eigenvalue weighted by atomic mass is 10.1. The lowest BCUT2D eigenvalue weighted by Crippen LogP contribution is -2.32. The van der Waals surface area contributed by atoms with E-state index in [9.17, 15) is 24.0 Å². The van der Waals surface area contributed by atoms with Gasteiger partial charge in [0, 0.05) is 4.90 Å². The van der Waals surface area contributed by atoms with Crippen molar-refractivity contribution in [2.75, 3.05) is 23.8 Å². The fourth-order valence-corrected chi connectivity index (χ4v) is 5.33. The van der Waals surface area contributed by atoms with Gasteiger partial charge in [-0.15, -0.1) is 23.1 Å². The molecule has 2 N–H and O–H groups in total. The minimum absolute atomic E-state index is 0.0978. The first-order valence-electron chi connectivity index (χ1n) is 10.0. The average molecular weight is 491 g/mol. The van der Waals surface area contributed by atoms with Gasteiger partial charge < -0.3 is 20.1 Å². The lowest BCUT2D eigenvalue weighted by Gasteiger charge is -2.23. The van der Waals surface area contributed by atoms with Crippen LogP contribution >= 0.6 is 23.1 Å². The summed E-state index contributed by atoms with van der Waals surface area (Å²) in [5.41, 5.74) is 1.20. The van der Waals surface area contributed by atoms with Gasteiger partial charge in [-0.05, 0) is 38.5 Å². The number of para-hydroxylation sites is 1. The van der Waals surface area contributed by atoms with Crippen molar-refractivity contribution in [1.82, 2.24) is 0 Å². The molecule has 1 aromatic carbocycles. The number of hydrogen-bond acceptors (Lipinski definition) is 9. The molecule has 0 spiro atoms. The molecule has 1 atom stereocenters. The molecule has 1 aliphatic heterocycles. The Kier molecular flexibility index (Phi) is 7.88. The van der Waals surface area contributed by atoms with E-state index in [-0.39, 0.29) is 35.3 Å². The van der Waals surface area contributed by atoms with E-state index in [1.807, 2.05) is 12.1 Å². The van der Waals surface area contributed by atoms with Crippen molar-refractivity contribution in [2.24, 2.45) is 0 Å². The van der Waals surface area contributed by atoms with Crippen LogP contribution in [0.3, 0.4) is 0 Å². The van der Waals surface area contributed by atoms with Gasteiger partial charge in [0.05, 0.1) is 34.4 Å². The third-order valence-corrected chi connectivity index (χ3v) is 7.21. The van der Waals surface area contributed by atoms with Crippen molar-refractivity contribution in [2.45, 2.75) is 37.3 Å². The molecule has 0 saturated heterocycles. The van der Waals surface area contributed by atoms with Crippen LogP contribution in [0.25, 0.3) is 0 Å². The first-order chi connectivity index (χ1) is 15.7. The molecule has 0 bridgehead atoms. The van der Waals surface area contributed by atoms with E-state index in [2.05, 4.69) is 10.6 Å². The SMILES string of the molecule is CCOC(=O)c1c(NC(=O)COC(=O)C[C@H]2Sc3ccccc3NC2=O)sc(C(C)=O)c1C. The second-order valence-electron chi connectivity index (χ2n) is 7.04. The Labute approximate surface area is 198 Å². The minimum atomic E-state index is -0.713. The van der Waals surface area contributed by atoms with E-state index < -0.39 is 29.7 Å². The van der Waals surface area contributed by atoms with E-state index in [1.165, 1.54) is 18.7 Å². The largest absolute Gasteiger partial charge is 0.462 e. The number of anilines is 2. The molecule has 0 fully saturated rings. The second-order valence-corrected chi connectivity index (χ2v) is 9.31. The summed E-state index contributed by atoms with van der Waals surface area (Å²) in [4.78, 5) is 62.1. The highest BCUT2D eigenvalue weighted by molar-refractivity contribution is 8.01. The van der Waals surface area contributed by atoms with E-state index >= 15 is 0 Å². The average Bonchev–Trinajstić information content (AvgIpc) is 3.09. The molecule has 33 heavy (non-hydrogen) atoms. The Bertz CT molecular complexity index is 1130. The lowest BCUT2D eigenvalue weighted by molar-refractivity contribution is -0.147. The van der Waals surface area contributed by atoms with Gasteiger partial charge in [-0.1, -0.05) is 12.1 Å². The molecule has 0 saturated carbocycles. The number of Topliss-reactive ketones (excluding diaryl/α,β-unsaturated/α-hetero) is 1. The number of nitrogens with one attached hydrogen (secondary N) is 2. The van der Waals surface area contributed by atoms with Gasteiger partial charge in [0.2, 0.25) is 5.91 Å². The molecule has 1 aliphatic rings. The summed E-state index contributed by atoms with van der Waals surface area (Å²) in [5.74, 6) is -2.62. The van der Waals surface area contributed by atoms with Crippen molar-refractivity contribution in [1.29, 1.82) is 0 Å². The fourth-order valence-electron chi connectivity index (χ4n) is 3.13. The molecule has 2 heterocycles. The van der Waals surface area contributed by atoms with Crippen molar-refractivity contribution in [3.05, 3.63) is 40.3 Å². The normalized spacial score (nSPS) is 14.6. The van der Waals surface area contributed by atoms with Gasteiger partial charge in [-0.25, -0.2) is 4.79 Å². The quantitative estimate of drug-likeness (QED) is 0.426. The number of benzene rings is 1. The minimum Gasteiger partial charge on any atom is -0.462 e. The van der Waals surface area contributed by atoms with Crippen LogP contribution in [-0.2, 0) is 23.9 Å². The number of fused-ring (bicyclic) bond motifs is 1. The number of rotatable bonds is 8.